The van der Waals surface area contributed by atoms with Crippen molar-refractivity contribution in [1.82, 2.24) is 109 Å². The zero-order valence-electron chi connectivity index (χ0n) is 76.5. The molecule has 0 atom stereocenters. The van der Waals surface area contributed by atoms with Crippen LogP contribution in [0, 0.1) is 0 Å². The predicted octanol–water partition coefficient (Wildman–Crippen LogP) is 13.3. The highest BCUT2D eigenvalue weighted by molar-refractivity contribution is 6.02. The summed E-state index contributed by atoms with van der Waals surface area (Å²) in [6, 6.07) is 68.8. The summed E-state index contributed by atoms with van der Waals surface area (Å²) in [5.74, 6) is 6.79. The maximum Gasteiger partial charge on any atom is 0.246 e. The van der Waals surface area contributed by atoms with E-state index in [-0.39, 0.29) is 23.6 Å². The Bertz CT molecular complexity index is 6760. The number of para-hydroxylation sites is 4. The van der Waals surface area contributed by atoms with Crippen LogP contribution in [0.5, 0.6) is 46.0 Å². The maximum atomic E-state index is 12.4. The lowest BCUT2D eigenvalue weighted by atomic mass is 10.1. The van der Waals surface area contributed by atoms with E-state index in [0.29, 0.717) is 186 Å². The molecule has 0 saturated heterocycles. The first-order valence-electron chi connectivity index (χ1n) is 43.4. The summed E-state index contributed by atoms with van der Waals surface area (Å²) >= 11 is 0. The number of amides is 4. The molecule has 10 N–H and O–H groups in total. The first-order chi connectivity index (χ1) is 66.1. The minimum absolute atomic E-state index is 0.0633. The molecule has 136 heavy (non-hydrogen) atoms. The SMILES string of the molecule is CN(C)C/C=C/C(=O)N(C)CCn1nc(-c2ccc(Oc3ccccc3)cc2)c2c(N)ncnc21.CN(C)C/C=C/C(=O)NCCn1nc(-c2ccc(Oc3ccccc3)cc2)c2c(N)ncnc21.COC/C=C/C(=O)N(C)CCn1nc(-c2ccc(Oc3ccccc3)cc2)c2c(N)ncnc21.COC/C=C/C(=O)NCCn1nc(-c2ccc(Oc3ccccc3)cc2)c2c(N)ncnc21. The maximum absolute atomic E-state index is 12.4. The van der Waals surface area contributed by atoms with E-state index < -0.39 is 0 Å². The van der Waals surface area contributed by atoms with Gasteiger partial charge in [0.2, 0.25) is 23.6 Å². The molecule has 0 saturated carbocycles. The molecule has 696 valence electrons. The molecule has 8 aromatic heterocycles. The largest absolute Gasteiger partial charge is 0.457 e. The van der Waals surface area contributed by atoms with E-state index >= 15 is 0 Å². The van der Waals surface area contributed by atoms with E-state index in [1.54, 1.807) is 75.1 Å². The van der Waals surface area contributed by atoms with Crippen molar-refractivity contribution in [3.05, 3.63) is 292 Å². The molecule has 8 heterocycles. The summed E-state index contributed by atoms with van der Waals surface area (Å²) in [4.78, 5) is 89.9. The molecular weight excluding hydrogens is 1730 g/mol. The van der Waals surface area contributed by atoms with E-state index in [1.807, 2.05) is 269 Å². The molecule has 0 bridgehead atoms. The Kier molecular flexibility index (Phi) is 34.3. The number of carbonyl (C=O) groups is 4. The smallest absolute Gasteiger partial charge is 0.246 e. The van der Waals surface area contributed by atoms with Gasteiger partial charge in [-0.25, -0.2) is 58.6 Å². The molecule has 0 aliphatic rings. The van der Waals surface area contributed by atoms with Crippen molar-refractivity contribution in [3.63, 3.8) is 0 Å². The number of likely N-dealkylation sites (N-methyl/N-ethyl adjacent to an activating group) is 4. The molecule has 0 aliphatic heterocycles. The molecule has 36 heteroatoms. The van der Waals surface area contributed by atoms with Crippen molar-refractivity contribution in [3.8, 4) is 91.0 Å². The Morgan fingerprint density at radius 1 is 0.316 bits per heavy atom. The van der Waals surface area contributed by atoms with Crippen molar-refractivity contribution in [1.29, 1.82) is 0 Å². The second kappa shape index (κ2) is 48.3. The number of methoxy groups -OCH3 is 2. The van der Waals surface area contributed by atoms with Crippen LogP contribution in [0.1, 0.15) is 0 Å². The van der Waals surface area contributed by atoms with Crippen LogP contribution in [0.25, 0.3) is 89.2 Å². The Morgan fingerprint density at radius 3 is 0.831 bits per heavy atom. The molecule has 4 amide bonds. The summed E-state index contributed by atoms with van der Waals surface area (Å²) in [5, 5.41) is 27.4. The number of nitrogens with one attached hydrogen (secondary N) is 2. The van der Waals surface area contributed by atoms with E-state index in [2.05, 4.69) is 50.5 Å². The minimum Gasteiger partial charge on any atom is -0.457 e. The lowest BCUT2D eigenvalue weighted by Crippen LogP contribution is -2.29. The lowest BCUT2D eigenvalue weighted by Gasteiger charge is -2.15. The summed E-state index contributed by atoms with van der Waals surface area (Å²) in [5.41, 5.74) is 33.4. The average Bonchev–Trinajstić information content (AvgIpc) is 1.63. The van der Waals surface area contributed by atoms with Crippen molar-refractivity contribution >= 4 is 91.0 Å². The number of ether oxygens (including phenoxy) is 6. The third kappa shape index (κ3) is 26.7. The molecule has 16 aromatic rings. The fourth-order valence-electron chi connectivity index (χ4n) is 13.7. The highest BCUT2D eigenvalue weighted by Crippen LogP contribution is 2.38. The molecule has 0 unspecified atom stereocenters. The van der Waals surface area contributed by atoms with E-state index in [0.717, 1.165) is 51.0 Å². The van der Waals surface area contributed by atoms with Gasteiger partial charge in [-0.3, -0.25) is 19.2 Å². The van der Waals surface area contributed by atoms with Crippen LogP contribution >= 0.6 is 0 Å². The van der Waals surface area contributed by atoms with E-state index in [9.17, 15) is 19.2 Å². The number of nitrogens with two attached hydrogens (primary N) is 4. The highest BCUT2D eigenvalue weighted by atomic mass is 16.5. The van der Waals surface area contributed by atoms with Gasteiger partial charge in [-0.05, 0) is 174 Å². The van der Waals surface area contributed by atoms with E-state index in [1.165, 1.54) is 43.5 Å². The average molecular weight is 1830 g/mol. The summed E-state index contributed by atoms with van der Waals surface area (Å²) in [7, 11) is 14.5. The second-order valence-corrected chi connectivity index (χ2v) is 31.0. The third-order valence-electron chi connectivity index (χ3n) is 20.5. The molecule has 0 aliphatic carbocycles. The summed E-state index contributed by atoms with van der Waals surface area (Å²) in [6.45, 7) is 5.63. The van der Waals surface area contributed by atoms with Crippen LogP contribution in [-0.2, 0) is 54.8 Å². The first kappa shape index (κ1) is 96.6. The fourth-order valence-corrected chi connectivity index (χ4v) is 13.7. The fraction of sp³-hybridized carbons (Fsp3) is 0.200. The van der Waals surface area contributed by atoms with Crippen LogP contribution in [0.15, 0.2) is 292 Å². The number of carbonyl (C=O) groups excluding carboxylic acids is 4. The molecular formula is C100H106N26O10. The van der Waals surface area contributed by atoms with Gasteiger partial charge in [0, 0.05) is 114 Å². The number of nitrogens with zero attached hydrogens (tertiary/aromatic N) is 20. The molecule has 0 spiro atoms. The van der Waals surface area contributed by atoms with Crippen LogP contribution < -0.4 is 52.5 Å². The summed E-state index contributed by atoms with van der Waals surface area (Å²) < 4.78 is 40.3. The topological polar surface area (TPSA) is 439 Å². The van der Waals surface area contributed by atoms with Crippen LogP contribution in [-0.4, -0.2) is 231 Å². The van der Waals surface area contributed by atoms with E-state index in [4.69, 9.17) is 71.8 Å². The predicted molar refractivity (Wildman–Crippen MR) is 525 cm³/mol. The third-order valence-corrected chi connectivity index (χ3v) is 20.5. The van der Waals surface area contributed by atoms with Gasteiger partial charge >= 0.3 is 0 Å². The standard InChI is InChI=1S/C26H29N7O2.C25H27N7O2.C25H26N6O3.C24H24N6O3/c1-31(2)15-7-10-22(34)32(3)16-17-33-26-23(25(27)28-18-29-26)24(30-33)19-11-13-21(14-12-19)35-20-8-5-4-6-9-20;1-31(2)15-6-9-21(33)27-14-16-32-25-22(24(26)28-17-29-25)23(30-32)18-10-12-20(13-11-18)34-19-7-4-3-5-8-19;1-30(21(32)9-6-16-33-2)14-15-31-25-22(24(26)27-17-28-25)23(29-31)18-10-12-20(13-11-18)34-19-7-4-3-5-8-19;1-32-15-5-8-20(31)26-13-14-30-24-21(23(25)27-16-28-24)22(29-30)17-9-11-19(12-10-17)33-18-6-3-2-4-7-18/h4-14,18H,15-17H2,1-3H3,(H2,27,28,29);3-13,17H,14-16H2,1-2H3,(H,27,33)(H2,26,28,29);3-13,17H,14-16H2,1-2H3,(H2,26,27,28);2-12,16H,13-15H2,1H3,(H,26,31)(H2,25,27,28)/b10-7+;2*9-6+;8-5+. The molecule has 0 radical (unpaired) electrons. The zero-order valence-corrected chi connectivity index (χ0v) is 76.5. The summed E-state index contributed by atoms with van der Waals surface area (Å²) in [6.07, 6.45) is 18.7. The highest BCUT2D eigenvalue weighted by Gasteiger charge is 2.24. The van der Waals surface area contributed by atoms with Gasteiger partial charge in [0.05, 0.1) is 60.9 Å². The number of rotatable bonds is 36. The number of anilines is 4. The van der Waals surface area contributed by atoms with Crippen molar-refractivity contribution < 1.29 is 47.6 Å². The monoisotopic (exact) mass is 1830 g/mol. The van der Waals surface area contributed by atoms with Crippen LogP contribution in [0.3, 0.4) is 0 Å². The second-order valence-electron chi connectivity index (χ2n) is 31.0. The Balaban J connectivity index is 0.000000153. The quantitative estimate of drug-likeness (QED) is 0.0199. The Hall–Kier alpha value is -17.0. The molecule has 16 rings (SSSR count). The number of aromatic nitrogens is 16. The van der Waals surface area contributed by atoms with Gasteiger partial charge in [-0.2, -0.15) is 20.4 Å². The van der Waals surface area contributed by atoms with Gasteiger partial charge in [0.25, 0.3) is 0 Å². The van der Waals surface area contributed by atoms with Gasteiger partial charge in [0.15, 0.2) is 22.6 Å². The van der Waals surface area contributed by atoms with Gasteiger partial charge in [0.1, 0.15) is 117 Å². The lowest BCUT2D eigenvalue weighted by molar-refractivity contribution is -0.125. The van der Waals surface area contributed by atoms with Crippen molar-refractivity contribution in [2.45, 2.75) is 26.2 Å². The normalized spacial score (nSPS) is 11.3. The number of benzene rings is 8. The van der Waals surface area contributed by atoms with Gasteiger partial charge < -0.3 is 81.6 Å². The minimum atomic E-state index is -0.202. The molecule has 0 fully saturated rings. The van der Waals surface area contributed by atoms with Crippen LogP contribution in [0.2, 0.25) is 0 Å². The number of hydrogen-bond acceptors (Lipinski definition) is 28. The zero-order chi connectivity index (χ0) is 95.7. The molecule has 36 nitrogen and oxygen atoms in total. The first-order valence-corrected chi connectivity index (χ1v) is 43.4. The van der Waals surface area contributed by atoms with Crippen molar-refractivity contribution in [2.24, 2.45) is 0 Å². The Labute approximate surface area is 785 Å². The number of fused-ring (bicyclic) bond motifs is 4. The number of hydrogen-bond donors (Lipinski definition) is 6. The molecule has 8 aromatic carbocycles. The van der Waals surface area contributed by atoms with Gasteiger partial charge in [-0.15, -0.1) is 0 Å². The number of nitrogen functional groups attached to an aromatic ring is 4. The van der Waals surface area contributed by atoms with Gasteiger partial charge in [-0.1, -0.05) is 97.1 Å². The van der Waals surface area contributed by atoms with Crippen LogP contribution in [0.4, 0.5) is 23.3 Å². The van der Waals surface area contributed by atoms with Crippen molar-refractivity contribution in [2.75, 3.05) is 132 Å². The Morgan fingerprint density at radius 2 is 0.559 bits per heavy atom.